The summed E-state index contributed by atoms with van der Waals surface area (Å²) in [4.78, 5) is 3.87. The zero-order valence-corrected chi connectivity index (χ0v) is 8.34. The third-order valence-electron chi connectivity index (χ3n) is 2.94. The lowest BCUT2D eigenvalue weighted by Crippen LogP contribution is -2.26. The van der Waals surface area contributed by atoms with Crippen LogP contribution >= 0.6 is 0 Å². The van der Waals surface area contributed by atoms with Crippen LogP contribution in [-0.2, 0) is 5.41 Å². The number of ether oxygens (including phenoxy) is 1. The van der Waals surface area contributed by atoms with Crippen molar-refractivity contribution in [1.29, 1.82) is 0 Å². The molecule has 0 radical (unpaired) electrons. The predicted octanol–water partition coefficient (Wildman–Crippen LogP) is 1.33. The SMILES string of the molecule is COc1cc(C2(CN)CC2(F)F)ccn1. The Morgan fingerprint density at radius 1 is 1.60 bits per heavy atom. The maximum Gasteiger partial charge on any atom is 0.260 e. The number of halogens is 2. The highest BCUT2D eigenvalue weighted by Crippen LogP contribution is 2.60. The Morgan fingerprint density at radius 2 is 2.27 bits per heavy atom. The van der Waals surface area contributed by atoms with E-state index < -0.39 is 11.3 Å². The molecule has 1 aromatic rings. The van der Waals surface area contributed by atoms with E-state index >= 15 is 0 Å². The molecule has 0 amide bonds. The molecule has 1 aromatic heterocycles. The van der Waals surface area contributed by atoms with E-state index in [2.05, 4.69) is 4.98 Å². The standard InChI is InChI=1S/C10H12F2N2O/c1-15-8-4-7(2-3-14-8)9(6-13)5-10(9,11)12/h2-4H,5-6,13H2,1H3. The van der Waals surface area contributed by atoms with E-state index in [4.69, 9.17) is 10.5 Å². The van der Waals surface area contributed by atoms with Gasteiger partial charge in [-0.1, -0.05) is 0 Å². The molecule has 5 heteroatoms. The van der Waals surface area contributed by atoms with Crippen LogP contribution in [0.4, 0.5) is 8.78 Å². The average molecular weight is 214 g/mol. The van der Waals surface area contributed by atoms with Crippen molar-refractivity contribution < 1.29 is 13.5 Å². The van der Waals surface area contributed by atoms with Gasteiger partial charge in [-0.15, -0.1) is 0 Å². The fraction of sp³-hybridized carbons (Fsp3) is 0.500. The monoisotopic (exact) mass is 214 g/mol. The zero-order chi connectivity index (χ0) is 11.1. The number of aromatic nitrogens is 1. The van der Waals surface area contributed by atoms with Crippen molar-refractivity contribution in [3.63, 3.8) is 0 Å². The van der Waals surface area contributed by atoms with Gasteiger partial charge in [0.05, 0.1) is 12.5 Å². The molecule has 0 aromatic carbocycles. The van der Waals surface area contributed by atoms with Crippen molar-refractivity contribution in [3.8, 4) is 5.88 Å². The Hall–Kier alpha value is -1.23. The molecule has 1 aliphatic rings. The minimum absolute atomic E-state index is 0.0623. The summed E-state index contributed by atoms with van der Waals surface area (Å²) in [7, 11) is 1.45. The predicted molar refractivity (Wildman–Crippen MR) is 51.1 cm³/mol. The lowest BCUT2D eigenvalue weighted by atomic mass is 9.96. The van der Waals surface area contributed by atoms with Crippen LogP contribution in [0, 0.1) is 0 Å². The molecule has 2 N–H and O–H groups in total. The molecule has 1 aliphatic carbocycles. The van der Waals surface area contributed by atoms with Crippen LogP contribution in [0.2, 0.25) is 0 Å². The molecule has 1 fully saturated rings. The van der Waals surface area contributed by atoms with E-state index in [-0.39, 0.29) is 13.0 Å². The van der Waals surface area contributed by atoms with E-state index in [9.17, 15) is 8.78 Å². The molecule has 15 heavy (non-hydrogen) atoms. The molecule has 1 saturated carbocycles. The number of alkyl halides is 2. The van der Waals surface area contributed by atoms with Crippen LogP contribution in [-0.4, -0.2) is 24.6 Å². The van der Waals surface area contributed by atoms with Crippen molar-refractivity contribution in [1.82, 2.24) is 4.98 Å². The third kappa shape index (κ3) is 1.38. The summed E-state index contributed by atoms with van der Waals surface area (Å²) in [5, 5.41) is 0. The molecular weight excluding hydrogens is 202 g/mol. The van der Waals surface area contributed by atoms with Gasteiger partial charge in [0, 0.05) is 25.2 Å². The van der Waals surface area contributed by atoms with Crippen molar-refractivity contribution in [2.45, 2.75) is 17.8 Å². The van der Waals surface area contributed by atoms with Crippen LogP contribution < -0.4 is 10.5 Å². The van der Waals surface area contributed by atoms with Gasteiger partial charge >= 0.3 is 0 Å². The van der Waals surface area contributed by atoms with Crippen molar-refractivity contribution in [2.75, 3.05) is 13.7 Å². The van der Waals surface area contributed by atoms with E-state index in [1.807, 2.05) is 0 Å². The van der Waals surface area contributed by atoms with E-state index in [0.29, 0.717) is 11.4 Å². The molecular formula is C10H12F2N2O. The van der Waals surface area contributed by atoms with Crippen LogP contribution in [0.5, 0.6) is 5.88 Å². The summed E-state index contributed by atoms with van der Waals surface area (Å²) >= 11 is 0. The topological polar surface area (TPSA) is 48.1 Å². The maximum absolute atomic E-state index is 13.2. The summed E-state index contributed by atoms with van der Waals surface area (Å²) in [6, 6.07) is 3.09. The lowest BCUT2D eigenvalue weighted by Gasteiger charge is -2.14. The lowest BCUT2D eigenvalue weighted by molar-refractivity contribution is 0.0895. The van der Waals surface area contributed by atoms with Crippen LogP contribution in [0.25, 0.3) is 0 Å². The largest absolute Gasteiger partial charge is 0.481 e. The third-order valence-corrected chi connectivity index (χ3v) is 2.94. The fourth-order valence-corrected chi connectivity index (χ4v) is 1.81. The van der Waals surface area contributed by atoms with Gasteiger partial charge in [-0.2, -0.15) is 0 Å². The van der Waals surface area contributed by atoms with Gasteiger partial charge < -0.3 is 10.5 Å². The molecule has 2 rings (SSSR count). The second kappa shape index (κ2) is 3.13. The maximum atomic E-state index is 13.2. The van der Waals surface area contributed by atoms with Gasteiger partial charge in [-0.25, -0.2) is 13.8 Å². The first-order valence-electron chi connectivity index (χ1n) is 4.64. The van der Waals surface area contributed by atoms with E-state index in [1.54, 1.807) is 6.07 Å². The molecule has 0 aliphatic heterocycles. The second-order valence-corrected chi connectivity index (χ2v) is 3.75. The minimum Gasteiger partial charge on any atom is -0.481 e. The quantitative estimate of drug-likeness (QED) is 0.825. The molecule has 0 spiro atoms. The number of pyridine rings is 1. The Morgan fingerprint density at radius 3 is 2.73 bits per heavy atom. The highest BCUT2D eigenvalue weighted by Gasteiger charge is 2.71. The molecule has 0 saturated heterocycles. The Balaban J connectivity index is 2.37. The molecule has 0 bridgehead atoms. The number of nitrogens with two attached hydrogens (primary N) is 1. The Bertz CT molecular complexity index is 383. The number of methoxy groups -OCH3 is 1. The number of nitrogens with zero attached hydrogens (tertiary/aromatic N) is 1. The van der Waals surface area contributed by atoms with Crippen molar-refractivity contribution >= 4 is 0 Å². The highest BCUT2D eigenvalue weighted by atomic mass is 19.3. The van der Waals surface area contributed by atoms with Gasteiger partial charge in [0.15, 0.2) is 0 Å². The minimum atomic E-state index is -2.70. The summed E-state index contributed by atoms with van der Waals surface area (Å²) in [6.45, 7) is -0.0623. The summed E-state index contributed by atoms with van der Waals surface area (Å²) in [6.07, 6.45) is 1.27. The van der Waals surface area contributed by atoms with Crippen LogP contribution in [0.3, 0.4) is 0 Å². The van der Waals surface area contributed by atoms with Crippen LogP contribution in [0.15, 0.2) is 18.3 Å². The van der Waals surface area contributed by atoms with E-state index in [0.717, 1.165) is 0 Å². The summed E-state index contributed by atoms with van der Waals surface area (Å²) in [5.41, 5.74) is 4.72. The van der Waals surface area contributed by atoms with E-state index in [1.165, 1.54) is 19.4 Å². The summed E-state index contributed by atoms with van der Waals surface area (Å²) in [5.74, 6) is -2.36. The normalized spacial score (nSPS) is 27.5. The van der Waals surface area contributed by atoms with Gasteiger partial charge in [0.1, 0.15) is 0 Å². The molecule has 1 unspecified atom stereocenters. The highest BCUT2D eigenvalue weighted by molar-refractivity contribution is 5.39. The van der Waals surface area contributed by atoms with Crippen molar-refractivity contribution in [3.05, 3.63) is 23.9 Å². The molecule has 1 heterocycles. The fourth-order valence-electron chi connectivity index (χ4n) is 1.81. The van der Waals surface area contributed by atoms with Gasteiger partial charge in [-0.05, 0) is 11.6 Å². The first-order chi connectivity index (χ1) is 7.05. The van der Waals surface area contributed by atoms with Gasteiger partial charge in [0.2, 0.25) is 5.88 Å². The van der Waals surface area contributed by atoms with Crippen LogP contribution in [0.1, 0.15) is 12.0 Å². The van der Waals surface area contributed by atoms with Gasteiger partial charge in [-0.3, -0.25) is 0 Å². The number of rotatable bonds is 3. The Labute approximate surface area is 86.3 Å². The van der Waals surface area contributed by atoms with Crippen molar-refractivity contribution in [2.24, 2.45) is 5.73 Å². The number of hydrogen-bond acceptors (Lipinski definition) is 3. The molecule has 3 nitrogen and oxygen atoms in total. The molecule has 82 valence electrons. The second-order valence-electron chi connectivity index (χ2n) is 3.75. The average Bonchev–Trinajstić information content (AvgIpc) is 2.82. The summed E-state index contributed by atoms with van der Waals surface area (Å²) < 4.78 is 31.4. The first-order valence-corrected chi connectivity index (χ1v) is 4.64. The van der Waals surface area contributed by atoms with Gasteiger partial charge in [0.25, 0.3) is 5.92 Å². The molecule has 1 atom stereocenters. The smallest absolute Gasteiger partial charge is 0.260 e. The number of hydrogen-bond donors (Lipinski definition) is 1. The first kappa shape index (κ1) is 10.3. The zero-order valence-electron chi connectivity index (χ0n) is 8.34. The Kier molecular flexibility index (Phi) is 2.15.